The predicted octanol–water partition coefficient (Wildman–Crippen LogP) is 0.707. The van der Waals surface area contributed by atoms with Gasteiger partial charge in [-0.15, -0.1) is 0 Å². The van der Waals surface area contributed by atoms with E-state index in [1.54, 1.807) is 6.07 Å². The van der Waals surface area contributed by atoms with E-state index in [1.807, 2.05) is 0 Å². The topological polar surface area (TPSA) is 92.2 Å². The summed E-state index contributed by atoms with van der Waals surface area (Å²) in [5.41, 5.74) is 0.440. The lowest BCUT2D eigenvalue weighted by atomic mass is 9.96. The maximum Gasteiger partial charge on any atom is 0.306 e. The summed E-state index contributed by atoms with van der Waals surface area (Å²) >= 11 is 0. The summed E-state index contributed by atoms with van der Waals surface area (Å²) in [6, 6.07) is 1.58. The van der Waals surface area contributed by atoms with Gasteiger partial charge in [0.25, 0.3) is 5.91 Å². The van der Waals surface area contributed by atoms with E-state index in [4.69, 9.17) is 5.11 Å². The summed E-state index contributed by atoms with van der Waals surface area (Å²) in [6.45, 7) is 0.401. The Bertz CT molecular complexity index is 435. The Morgan fingerprint density at radius 1 is 1.39 bits per heavy atom. The van der Waals surface area contributed by atoms with Crippen molar-refractivity contribution in [2.24, 2.45) is 11.8 Å². The lowest BCUT2D eigenvalue weighted by Crippen LogP contribution is -2.33. The number of carboxylic acid groups (broad SMARTS) is 1. The fourth-order valence-corrected chi connectivity index (χ4v) is 2.36. The largest absolute Gasteiger partial charge is 0.481 e. The third-order valence-corrected chi connectivity index (χ3v) is 3.35. The van der Waals surface area contributed by atoms with E-state index < -0.39 is 5.97 Å². The Morgan fingerprint density at radius 2 is 2.22 bits per heavy atom. The number of carbonyl (C=O) groups excluding carboxylic acids is 1. The number of carbonyl (C=O) groups is 2. The second kappa shape index (κ2) is 5.57. The van der Waals surface area contributed by atoms with E-state index >= 15 is 0 Å². The van der Waals surface area contributed by atoms with Crippen LogP contribution in [0.1, 0.15) is 29.6 Å². The van der Waals surface area contributed by atoms with Gasteiger partial charge < -0.3 is 10.4 Å². The monoisotopic (exact) mass is 249 g/mol. The van der Waals surface area contributed by atoms with Gasteiger partial charge >= 0.3 is 5.97 Å². The van der Waals surface area contributed by atoms with Crippen molar-refractivity contribution >= 4 is 11.9 Å². The maximum absolute atomic E-state index is 11.8. The first-order valence-corrected chi connectivity index (χ1v) is 5.96. The molecule has 1 aliphatic carbocycles. The molecule has 0 bridgehead atoms. The summed E-state index contributed by atoms with van der Waals surface area (Å²) in [5, 5.41) is 19.0. The molecule has 1 heterocycles. The van der Waals surface area contributed by atoms with Gasteiger partial charge in [0.2, 0.25) is 0 Å². The Labute approximate surface area is 104 Å². The maximum atomic E-state index is 11.8. The smallest absolute Gasteiger partial charge is 0.306 e. The van der Waals surface area contributed by atoms with Gasteiger partial charge in [-0.2, -0.15) is 10.2 Å². The second-order valence-electron chi connectivity index (χ2n) is 4.48. The van der Waals surface area contributed by atoms with Crippen LogP contribution in [0.2, 0.25) is 0 Å². The van der Waals surface area contributed by atoms with Crippen molar-refractivity contribution in [1.29, 1.82) is 0 Å². The molecule has 0 spiro atoms. The van der Waals surface area contributed by atoms with Gasteiger partial charge in [0.05, 0.1) is 23.9 Å². The number of rotatable bonds is 4. The minimum Gasteiger partial charge on any atom is -0.481 e. The predicted molar refractivity (Wildman–Crippen MR) is 62.8 cm³/mol. The molecular weight excluding hydrogens is 234 g/mol. The molecule has 1 fully saturated rings. The lowest BCUT2D eigenvalue weighted by Gasteiger charge is -2.16. The Hall–Kier alpha value is -1.98. The average Bonchev–Trinajstić information content (AvgIpc) is 2.85. The zero-order valence-electron chi connectivity index (χ0n) is 9.87. The van der Waals surface area contributed by atoms with E-state index in [0.29, 0.717) is 18.5 Å². The molecule has 2 N–H and O–H groups in total. The Morgan fingerprint density at radius 3 is 2.89 bits per heavy atom. The van der Waals surface area contributed by atoms with Crippen molar-refractivity contribution < 1.29 is 14.7 Å². The third-order valence-electron chi connectivity index (χ3n) is 3.35. The van der Waals surface area contributed by atoms with Gasteiger partial charge in [-0.1, -0.05) is 6.42 Å². The molecule has 0 saturated heterocycles. The van der Waals surface area contributed by atoms with E-state index in [9.17, 15) is 9.59 Å². The molecule has 1 amide bonds. The van der Waals surface area contributed by atoms with E-state index in [2.05, 4.69) is 15.5 Å². The highest BCUT2D eigenvalue weighted by Crippen LogP contribution is 2.31. The van der Waals surface area contributed by atoms with Crippen molar-refractivity contribution in [2.45, 2.75) is 19.3 Å². The number of nitrogens with one attached hydrogen (secondary N) is 1. The Kier molecular flexibility index (Phi) is 3.86. The highest BCUT2D eigenvalue weighted by molar-refractivity contribution is 5.93. The molecule has 1 aromatic rings. The SMILES string of the molecule is O=C(NCC1CCCC1C(=O)O)c1ccnnc1. The van der Waals surface area contributed by atoms with E-state index in [0.717, 1.165) is 12.8 Å². The fourth-order valence-electron chi connectivity index (χ4n) is 2.36. The van der Waals surface area contributed by atoms with Crippen LogP contribution in [0.25, 0.3) is 0 Å². The quantitative estimate of drug-likeness (QED) is 0.819. The fraction of sp³-hybridized carbons (Fsp3) is 0.500. The first kappa shape index (κ1) is 12.5. The van der Waals surface area contributed by atoms with Gasteiger partial charge in [0.1, 0.15) is 0 Å². The molecule has 6 nitrogen and oxygen atoms in total. The van der Waals surface area contributed by atoms with Crippen LogP contribution in [-0.2, 0) is 4.79 Å². The van der Waals surface area contributed by atoms with Gasteiger partial charge in [-0.3, -0.25) is 9.59 Å². The van der Waals surface area contributed by atoms with Crippen molar-refractivity contribution in [3.05, 3.63) is 24.0 Å². The summed E-state index contributed by atoms with van der Waals surface area (Å²) in [4.78, 5) is 22.7. The lowest BCUT2D eigenvalue weighted by molar-refractivity contribution is -0.142. The zero-order valence-corrected chi connectivity index (χ0v) is 9.87. The zero-order chi connectivity index (χ0) is 13.0. The van der Waals surface area contributed by atoms with Gasteiger partial charge in [0.15, 0.2) is 0 Å². The Balaban J connectivity index is 1.88. The molecule has 0 aliphatic heterocycles. The molecular formula is C12H15N3O3. The third kappa shape index (κ3) is 2.82. The highest BCUT2D eigenvalue weighted by atomic mass is 16.4. The van der Waals surface area contributed by atoms with Crippen LogP contribution in [0.15, 0.2) is 18.5 Å². The van der Waals surface area contributed by atoms with Crippen molar-refractivity contribution in [2.75, 3.05) is 6.54 Å². The van der Waals surface area contributed by atoms with Crippen LogP contribution in [0.5, 0.6) is 0 Å². The molecule has 2 unspecified atom stereocenters. The number of aromatic nitrogens is 2. The molecule has 2 rings (SSSR count). The number of hydrogen-bond acceptors (Lipinski definition) is 4. The van der Waals surface area contributed by atoms with Crippen LogP contribution >= 0.6 is 0 Å². The number of nitrogens with zero attached hydrogens (tertiary/aromatic N) is 2. The van der Waals surface area contributed by atoms with Crippen molar-refractivity contribution in [3.8, 4) is 0 Å². The van der Waals surface area contributed by atoms with Crippen LogP contribution in [0.3, 0.4) is 0 Å². The highest BCUT2D eigenvalue weighted by Gasteiger charge is 2.32. The first-order chi connectivity index (χ1) is 8.68. The summed E-state index contributed by atoms with van der Waals surface area (Å²) in [6.07, 6.45) is 5.30. The van der Waals surface area contributed by atoms with Gasteiger partial charge in [-0.05, 0) is 24.8 Å². The molecule has 96 valence electrons. The van der Waals surface area contributed by atoms with Gasteiger partial charge in [0, 0.05) is 6.54 Å². The van der Waals surface area contributed by atoms with E-state index in [1.165, 1.54) is 12.4 Å². The van der Waals surface area contributed by atoms with Gasteiger partial charge in [-0.25, -0.2) is 0 Å². The summed E-state index contributed by atoms with van der Waals surface area (Å²) in [7, 11) is 0. The number of amides is 1. The second-order valence-corrected chi connectivity index (χ2v) is 4.48. The van der Waals surface area contributed by atoms with Crippen LogP contribution < -0.4 is 5.32 Å². The molecule has 1 aliphatic rings. The average molecular weight is 249 g/mol. The van der Waals surface area contributed by atoms with E-state index in [-0.39, 0.29) is 17.7 Å². The van der Waals surface area contributed by atoms with Crippen molar-refractivity contribution in [1.82, 2.24) is 15.5 Å². The first-order valence-electron chi connectivity index (χ1n) is 5.96. The molecule has 0 radical (unpaired) electrons. The minimum absolute atomic E-state index is 0.0289. The normalized spacial score (nSPS) is 22.7. The number of carboxylic acids is 1. The van der Waals surface area contributed by atoms with Crippen LogP contribution in [-0.4, -0.2) is 33.7 Å². The molecule has 1 aromatic heterocycles. The minimum atomic E-state index is -0.766. The number of aliphatic carboxylic acids is 1. The molecule has 0 aromatic carbocycles. The molecule has 18 heavy (non-hydrogen) atoms. The summed E-state index contributed by atoms with van der Waals surface area (Å²) in [5.74, 6) is -1.31. The standard InChI is InChI=1S/C12H15N3O3/c16-11(9-4-5-14-15-7-9)13-6-8-2-1-3-10(8)12(17)18/h4-5,7-8,10H,1-3,6H2,(H,13,16)(H,17,18). The molecule has 2 atom stereocenters. The molecule has 6 heteroatoms. The molecule has 1 saturated carbocycles. The summed E-state index contributed by atoms with van der Waals surface area (Å²) < 4.78 is 0. The number of hydrogen-bond donors (Lipinski definition) is 2. The van der Waals surface area contributed by atoms with Crippen LogP contribution in [0.4, 0.5) is 0 Å². The van der Waals surface area contributed by atoms with Crippen molar-refractivity contribution in [3.63, 3.8) is 0 Å². The van der Waals surface area contributed by atoms with Crippen LogP contribution in [0, 0.1) is 11.8 Å².